The lowest BCUT2D eigenvalue weighted by Crippen LogP contribution is -2.54. The highest BCUT2D eigenvalue weighted by molar-refractivity contribution is 7.13. The van der Waals surface area contributed by atoms with Crippen LogP contribution >= 0.6 is 11.3 Å². The van der Waals surface area contributed by atoms with Crippen molar-refractivity contribution in [2.45, 2.75) is 39.8 Å². The Morgan fingerprint density at radius 1 is 1.39 bits per heavy atom. The van der Waals surface area contributed by atoms with Crippen molar-refractivity contribution in [3.8, 4) is 0 Å². The number of aromatic nitrogens is 1. The largest absolute Gasteiger partial charge is 0.391 e. The highest BCUT2D eigenvalue weighted by atomic mass is 32.1. The number of hydrogen-bond donors (Lipinski definition) is 2. The summed E-state index contributed by atoms with van der Waals surface area (Å²) in [6, 6.07) is -0.173. The van der Waals surface area contributed by atoms with Crippen LogP contribution in [0.15, 0.2) is 11.6 Å². The monoisotopic (exact) mass is 340 g/mol. The number of aliphatic hydroxyl groups excluding tert-OH is 1. The second kappa shape index (κ2) is 7.70. The van der Waals surface area contributed by atoms with Crippen molar-refractivity contribution >= 4 is 22.4 Å². The predicted octanol–water partition coefficient (Wildman–Crippen LogP) is 1.49. The SMILES string of the molecule is C[C@H](C(=O)Nc1nccs1)N1CCN(C[C@@H](O)C(C)(C)C)CC1. The number of carbonyl (C=O) groups excluding carboxylic acids is 1. The van der Waals surface area contributed by atoms with Crippen LogP contribution in [0.25, 0.3) is 0 Å². The van der Waals surface area contributed by atoms with E-state index in [0.717, 1.165) is 26.2 Å². The summed E-state index contributed by atoms with van der Waals surface area (Å²) in [6.45, 7) is 12.2. The van der Waals surface area contributed by atoms with Gasteiger partial charge in [0.1, 0.15) is 0 Å². The van der Waals surface area contributed by atoms with Crippen LogP contribution in [0, 0.1) is 5.41 Å². The van der Waals surface area contributed by atoms with Gasteiger partial charge in [-0.3, -0.25) is 14.6 Å². The zero-order chi connectivity index (χ0) is 17.0. The summed E-state index contributed by atoms with van der Waals surface area (Å²) in [5.74, 6) is -0.0110. The molecule has 1 saturated heterocycles. The third kappa shape index (κ3) is 5.24. The predicted molar refractivity (Wildman–Crippen MR) is 93.7 cm³/mol. The van der Waals surface area contributed by atoms with E-state index in [2.05, 4.69) is 40.9 Å². The van der Waals surface area contributed by atoms with Crippen LogP contribution in [-0.4, -0.2) is 70.7 Å². The van der Waals surface area contributed by atoms with Gasteiger partial charge in [-0.2, -0.15) is 0 Å². The maximum absolute atomic E-state index is 12.3. The summed E-state index contributed by atoms with van der Waals surface area (Å²) in [4.78, 5) is 20.8. The van der Waals surface area contributed by atoms with E-state index < -0.39 is 0 Å². The molecule has 0 unspecified atom stereocenters. The van der Waals surface area contributed by atoms with Crippen LogP contribution in [0.5, 0.6) is 0 Å². The van der Waals surface area contributed by atoms with E-state index in [1.807, 2.05) is 12.3 Å². The first-order valence-electron chi connectivity index (χ1n) is 8.12. The van der Waals surface area contributed by atoms with Crippen LogP contribution in [0.3, 0.4) is 0 Å². The van der Waals surface area contributed by atoms with E-state index in [-0.39, 0.29) is 23.5 Å². The molecular weight excluding hydrogens is 312 g/mol. The molecule has 0 radical (unpaired) electrons. The van der Waals surface area contributed by atoms with Crippen LogP contribution in [0.4, 0.5) is 5.13 Å². The van der Waals surface area contributed by atoms with E-state index in [0.29, 0.717) is 11.7 Å². The number of piperazine rings is 1. The van der Waals surface area contributed by atoms with E-state index in [1.54, 1.807) is 6.20 Å². The van der Waals surface area contributed by atoms with Crippen molar-refractivity contribution in [3.05, 3.63) is 11.6 Å². The molecule has 23 heavy (non-hydrogen) atoms. The average Bonchev–Trinajstić information content (AvgIpc) is 2.99. The molecule has 2 rings (SSSR count). The number of β-amino-alcohol motifs (C(OH)–C–C–N with tert-alkyl or cyclic N) is 1. The Morgan fingerprint density at radius 3 is 2.57 bits per heavy atom. The summed E-state index contributed by atoms with van der Waals surface area (Å²) >= 11 is 1.43. The van der Waals surface area contributed by atoms with Gasteiger partial charge in [-0.15, -0.1) is 11.3 Å². The van der Waals surface area contributed by atoms with Crippen LogP contribution in [0.2, 0.25) is 0 Å². The molecule has 0 bridgehead atoms. The molecule has 1 fully saturated rings. The number of amides is 1. The minimum atomic E-state index is -0.334. The van der Waals surface area contributed by atoms with Crippen molar-refractivity contribution in [1.29, 1.82) is 0 Å². The lowest BCUT2D eigenvalue weighted by atomic mass is 9.89. The van der Waals surface area contributed by atoms with Gasteiger partial charge in [-0.1, -0.05) is 20.8 Å². The number of aliphatic hydroxyl groups is 1. The van der Waals surface area contributed by atoms with Gasteiger partial charge in [0.2, 0.25) is 5.91 Å². The van der Waals surface area contributed by atoms with E-state index in [4.69, 9.17) is 0 Å². The fourth-order valence-electron chi connectivity index (χ4n) is 2.51. The Bertz CT molecular complexity index is 493. The molecule has 1 amide bonds. The second-order valence-electron chi connectivity index (χ2n) is 7.22. The first kappa shape index (κ1) is 18.3. The van der Waals surface area contributed by atoms with Crippen molar-refractivity contribution in [2.75, 3.05) is 38.0 Å². The van der Waals surface area contributed by atoms with Crippen molar-refractivity contribution < 1.29 is 9.90 Å². The number of carbonyl (C=O) groups is 1. The molecule has 1 aliphatic heterocycles. The molecule has 6 nitrogen and oxygen atoms in total. The number of hydrogen-bond acceptors (Lipinski definition) is 6. The van der Waals surface area contributed by atoms with Gasteiger partial charge in [0.25, 0.3) is 0 Å². The molecule has 1 aromatic rings. The van der Waals surface area contributed by atoms with Crippen molar-refractivity contribution in [3.63, 3.8) is 0 Å². The minimum Gasteiger partial charge on any atom is -0.391 e. The molecule has 2 heterocycles. The summed E-state index contributed by atoms with van der Waals surface area (Å²) in [7, 11) is 0. The summed E-state index contributed by atoms with van der Waals surface area (Å²) in [5.41, 5.74) is -0.0992. The zero-order valence-corrected chi connectivity index (χ0v) is 15.3. The number of nitrogens with one attached hydrogen (secondary N) is 1. The summed E-state index contributed by atoms with van der Waals surface area (Å²) < 4.78 is 0. The molecule has 0 aliphatic carbocycles. The van der Waals surface area contributed by atoms with Gasteiger partial charge in [0.05, 0.1) is 12.1 Å². The van der Waals surface area contributed by atoms with E-state index in [9.17, 15) is 9.90 Å². The van der Waals surface area contributed by atoms with E-state index in [1.165, 1.54) is 11.3 Å². The Kier molecular flexibility index (Phi) is 6.13. The standard InChI is InChI=1S/C16H28N4O2S/c1-12(14(22)18-15-17-5-10-23-15)20-8-6-19(7-9-20)11-13(21)16(2,3)4/h5,10,12-13,21H,6-9,11H2,1-4H3,(H,17,18,22)/t12-,13-/m1/s1. The van der Waals surface area contributed by atoms with Crippen LogP contribution in [-0.2, 0) is 4.79 Å². The van der Waals surface area contributed by atoms with Gasteiger partial charge in [0.15, 0.2) is 5.13 Å². The summed E-state index contributed by atoms with van der Waals surface area (Å²) in [5, 5.41) is 15.6. The van der Waals surface area contributed by atoms with Crippen molar-refractivity contribution in [2.24, 2.45) is 5.41 Å². The number of nitrogens with zero attached hydrogens (tertiary/aromatic N) is 3. The first-order chi connectivity index (χ1) is 10.8. The highest BCUT2D eigenvalue weighted by Crippen LogP contribution is 2.20. The van der Waals surface area contributed by atoms with Crippen molar-refractivity contribution in [1.82, 2.24) is 14.8 Å². The van der Waals surface area contributed by atoms with Crippen LogP contribution < -0.4 is 5.32 Å². The molecule has 1 aromatic heterocycles. The van der Waals surface area contributed by atoms with E-state index >= 15 is 0 Å². The summed E-state index contributed by atoms with van der Waals surface area (Å²) in [6.07, 6.45) is 1.35. The number of thiazole rings is 1. The molecule has 0 saturated carbocycles. The molecule has 2 atom stereocenters. The molecule has 130 valence electrons. The Balaban J connectivity index is 1.78. The van der Waals surface area contributed by atoms with Crippen LogP contribution in [0.1, 0.15) is 27.7 Å². The molecule has 7 heteroatoms. The highest BCUT2D eigenvalue weighted by Gasteiger charge is 2.29. The topological polar surface area (TPSA) is 68.7 Å². The van der Waals surface area contributed by atoms with Gasteiger partial charge < -0.3 is 10.4 Å². The fourth-order valence-corrected chi connectivity index (χ4v) is 3.04. The molecule has 1 aliphatic rings. The van der Waals surface area contributed by atoms with Gasteiger partial charge in [-0.05, 0) is 12.3 Å². The first-order valence-corrected chi connectivity index (χ1v) is 9.00. The molecule has 0 aromatic carbocycles. The lowest BCUT2D eigenvalue weighted by Gasteiger charge is -2.39. The van der Waals surface area contributed by atoms with Gasteiger partial charge in [0, 0.05) is 44.3 Å². The second-order valence-corrected chi connectivity index (χ2v) is 8.12. The molecular formula is C16H28N4O2S. The number of anilines is 1. The Hall–Kier alpha value is -1.02. The Morgan fingerprint density at radius 2 is 2.04 bits per heavy atom. The Labute approximate surface area is 142 Å². The van der Waals surface area contributed by atoms with Gasteiger partial charge >= 0.3 is 0 Å². The average molecular weight is 340 g/mol. The maximum Gasteiger partial charge on any atom is 0.243 e. The quantitative estimate of drug-likeness (QED) is 0.850. The minimum absolute atomic E-state index is 0.0110. The third-order valence-corrected chi connectivity index (χ3v) is 5.12. The molecule has 0 spiro atoms. The third-order valence-electron chi connectivity index (χ3n) is 4.43. The molecule has 2 N–H and O–H groups in total. The fraction of sp³-hybridized carbons (Fsp3) is 0.750. The van der Waals surface area contributed by atoms with Gasteiger partial charge in [-0.25, -0.2) is 4.98 Å². The maximum atomic E-state index is 12.3. The lowest BCUT2D eigenvalue weighted by molar-refractivity contribution is -0.121. The normalized spacial score (nSPS) is 20.2. The zero-order valence-electron chi connectivity index (χ0n) is 14.5. The smallest absolute Gasteiger partial charge is 0.243 e. The number of rotatable bonds is 5.